The molecule has 1 aromatic carbocycles. The predicted octanol–water partition coefficient (Wildman–Crippen LogP) is 2.15. The number of hydrogen-bond acceptors (Lipinski definition) is 7. The van der Waals surface area contributed by atoms with Crippen LogP contribution in [0.25, 0.3) is 5.95 Å². The molecule has 8 heteroatoms. The van der Waals surface area contributed by atoms with Crippen LogP contribution in [0.2, 0.25) is 0 Å². The highest BCUT2D eigenvalue weighted by atomic mass is 32.2. The third-order valence-electron chi connectivity index (χ3n) is 2.60. The van der Waals surface area contributed by atoms with Gasteiger partial charge in [-0.1, -0.05) is 12.1 Å². The van der Waals surface area contributed by atoms with Crippen molar-refractivity contribution in [2.75, 3.05) is 12.0 Å². The molecule has 0 radical (unpaired) electrons. The fourth-order valence-electron chi connectivity index (χ4n) is 1.70. The van der Waals surface area contributed by atoms with E-state index < -0.39 is 0 Å². The van der Waals surface area contributed by atoms with E-state index in [0.29, 0.717) is 11.7 Å². The standard InChI is InChI=1S/C13H12N6OS/c1-21-10-6-3-2-5-9(10)20-13-17-11(14)16-12(18-13)19-8-4-7-15-19/h2-8H,1H3,(H2,14,16,17,18). The number of benzene rings is 1. The fraction of sp³-hybridized carbons (Fsp3) is 0.0769. The second kappa shape index (κ2) is 5.80. The number of nitrogen functional groups attached to an aromatic ring is 1. The molecule has 0 atom stereocenters. The number of rotatable bonds is 4. The summed E-state index contributed by atoms with van der Waals surface area (Å²) in [6.07, 6.45) is 5.32. The van der Waals surface area contributed by atoms with E-state index in [1.54, 1.807) is 30.2 Å². The molecule has 0 aliphatic carbocycles. The number of nitrogens with zero attached hydrogens (tertiary/aromatic N) is 5. The SMILES string of the molecule is CSc1ccccc1Oc1nc(N)nc(-n2cccn2)n1. The van der Waals surface area contributed by atoms with E-state index in [9.17, 15) is 0 Å². The normalized spacial score (nSPS) is 10.5. The summed E-state index contributed by atoms with van der Waals surface area (Å²) < 4.78 is 7.21. The average molecular weight is 300 g/mol. The van der Waals surface area contributed by atoms with Gasteiger partial charge in [-0.3, -0.25) is 0 Å². The van der Waals surface area contributed by atoms with Crippen molar-refractivity contribution in [1.29, 1.82) is 0 Å². The smallest absolute Gasteiger partial charge is 0.328 e. The summed E-state index contributed by atoms with van der Waals surface area (Å²) in [6, 6.07) is 9.53. The van der Waals surface area contributed by atoms with Crippen molar-refractivity contribution >= 4 is 17.7 Å². The molecule has 0 unspecified atom stereocenters. The second-order valence-electron chi connectivity index (χ2n) is 3.98. The summed E-state index contributed by atoms with van der Waals surface area (Å²) in [5, 5.41) is 4.06. The van der Waals surface area contributed by atoms with E-state index in [4.69, 9.17) is 10.5 Å². The van der Waals surface area contributed by atoms with Gasteiger partial charge in [0.05, 0.1) is 0 Å². The summed E-state index contributed by atoms with van der Waals surface area (Å²) >= 11 is 1.58. The topological polar surface area (TPSA) is 91.7 Å². The first-order valence-corrected chi connectivity index (χ1v) is 7.31. The Morgan fingerprint density at radius 3 is 2.76 bits per heavy atom. The molecular weight excluding hydrogens is 288 g/mol. The van der Waals surface area contributed by atoms with Gasteiger partial charge < -0.3 is 10.5 Å². The zero-order valence-corrected chi connectivity index (χ0v) is 12.0. The minimum atomic E-state index is 0.0760. The Morgan fingerprint density at radius 1 is 1.14 bits per heavy atom. The van der Waals surface area contributed by atoms with Gasteiger partial charge in [0.2, 0.25) is 5.95 Å². The van der Waals surface area contributed by atoms with E-state index in [2.05, 4.69) is 20.1 Å². The van der Waals surface area contributed by atoms with E-state index in [-0.39, 0.29) is 12.0 Å². The molecule has 7 nitrogen and oxygen atoms in total. The first-order chi connectivity index (χ1) is 10.3. The minimum Gasteiger partial charge on any atom is -0.423 e. The van der Waals surface area contributed by atoms with Crippen LogP contribution in [0.1, 0.15) is 0 Å². The molecule has 0 saturated carbocycles. The van der Waals surface area contributed by atoms with Gasteiger partial charge in [-0.25, -0.2) is 4.68 Å². The molecule has 106 valence electrons. The number of aromatic nitrogens is 5. The maximum Gasteiger partial charge on any atom is 0.328 e. The molecule has 3 rings (SSSR count). The third kappa shape index (κ3) is 2.95. The number of para-hydroxylation sites is 1. The molecule has 0 fully saturated rings. The van der Waals surface area contributed by atoms with Crippen LogP contribution in [0, 0.1) is 0 Å². The second-order valence-corrected chi connectivity index (χ2v) is 4.83. The molecule has 0 bridgehead atoms. The van der Waals surface area contributed by atoms with Gasteiger partial charge in [-0.05, 0) is 24.5 Å². The Balaban J connectivity index is 1.96. The number of thioether (sulfide) groups is 1. The third-order valence-corrected chi connectivity index (χ3v) is 3.38. The van der Waals surface area contributed by atoms with Crippen molar-refractivity contribution in [3.8, 4) is 17.7 Å². The monoisotopic (exact) mass is 300 g/mol. The van der Waals surface area contributed by atoms with Crippen molar-refractivity contribution in [1.82, 2.24) is 24.7 Å². The lowest BCUT2D eigenvalue weighted by Crippen LogP contribution is -2.08. The van der Waals surface area contributed by atoms with Crippen LogP contribution in [-0.2, 0) is 0 Å². The van der Waals surface area contributed by atoms with Crippen LogP contribution in [-0.4, -0.2) is 31.0 Å². The Morgan fingerprint density at radius 2 is 2.00 bits per heavy atom. The molecule has 0 spiro atoms. The summed E-state index contributed by atoms with van der Waals surface area (Å²) in [5.74, 6) is 1.05. The lowest BCUT2D eigenvalue weighted by atomic mass is 10.3. The van der Waals surface area contributed by atoms with Crippen molar-refractivity contribution in [3.05, 3.63) is 42.7 Å². The average Bonchev–Trinajstić information content (AvgIpc) is 3.01. The van der Waals surface area contributed by atoms with Gasteiger partial charge in [-0.15, -0.1) is 11.8 Å². The van der Waals surface area contributed by atoms with Gasteiger partial charge in [0.15, 0.2) is 0 Å². The highest BCUT2D eigenvalue weighted by molar-refractivity contribution is 7.98. The minimum absolute atomic E-state index is 0.0760. The summed E-state index contributed by atoms with van der Waals surface area (Å²) in [6.45, 7) is 0. The summed E-state index contributed by atoms with van der Waals surface area (Å²) in [4.78, 5) is 13.2. The quantitative estimate of drug-likeness (QED) is 0.738. The van der Waals surface area contributed by atoms with E-state index in [1.165, 1.54) is 4.68 Å². The lowest BCUT2D eigenvalue weighted by molar-refractivity contribution is 0.429. The maximum absolute atomic E-state index is 5.72. The molecular formula is C13H12N6OS. The van der Waals surface area contributed by atoms with Gasteiger partial charge in [0.1, 0.15) is 5.75 Å². The Bertz CT molecular complexity index is 746. The molecule has 0 aliphatic heterocycles. The number of nitrogens with two attached hydrogens (primary N) is 1. The Labute approximate surface area is 125 Å². The van der Waals surface area contributed by atoms with Crippen molar-refractivity contribution in [3.63, 3.8) is 0 Å². The fourth-order valence-corrected chi connectivity index (χ4v) is 2.22. The van der Waals surface area contributed by atoms with Crippen LogP contribution in [0.4, 0.5) is 5.95 Å². The van der Waals surface area contributed by atoms with Gasteiger partial charge in [0, 0.05) is 17.3 Å². The van der Waals surface area contributed by atoms with E-state index in [0.717, 1.165) is 4.90 Å². The maximum atomic E-state index is 5.72. The van der Waals surface area contributed by atoms with Crippen molar-refractivity contribution in [2.45, 2.75) is 4.90 Å². The van der Waals surface area contributed by atoms with E-state index in [1.807, 2.05) is 30.5 Å². The number of anilines is 1. The number of hydrogen-bond donors (Lipinski definition) is 1. The molecule has 2 heterocycles. The Kier molecular flexibility index (Phi) is 3.69. The molecule has 0 aliphatic rings. The molecule has 0 amide bonds. The summed E-state index contributed by atoms with van der Waals surface area (Å²) in [7, 11) is 0. The van der Waals surface area contributed by atoms with Gasteiger partial charge in [-0.2, -0.15) is 20.1 Å². The van der Waals surface area contributed by atoms with Crippen LogP contribution >= 0.6 is 11.8 Å². The largest absolute Gasteiger partial charge is 0.423 e. The van der Waals surface area contributed by atoms with Crippen LogP contribution in [0.15, 0.2) is 47.6 Å². The first kappa shape index (κ1) is 13.4. The van der Waals surface area contributed by atoms with E-state index >= 15 is 0 Å². The zero-order valence-electron chi connectivity index (χ0n) is 11.2. The zero-order chi connectivity index (χ0) is 14.7. The van der Waals surface area contributed by atoms with Crippen molar-refractivity contribution in [2.24, 2.45) is 0 Å². The lowest BCUT2D eigenvalue weighted by Gasteiger charge is -2.08. The summed E-state index contributed by atoms with van der Waals surface area (Å²) in [5.41, 5.74) is 5.70. The van der Waals surface area contributed by atoms with Crippen LogP contribution in [0.5, 0.6) is 11.8 Å². The van der Waals surface area contributed by atoms with Crippen molar-refractivity contribution < 1.29 is 4.74 Å². The highest BCUT2D eigenvalue weighted by Crippen LogP contribution is 2.29. The predicted molar refractivity (Wildman–Crippen MR) is 79.7 cm³/mol. The van der Waals surface area contributed by atoms with Gasteiger partial charge in [0.25, 0.3) is 5.95 Å². The highest BCUT2D eigenvalue weighted by Gasteiger charge is 2.10. The van der Waals surface area contributed by atoms with Crippen LogP contribution in [0.3, 0.4) is 0 Å². The molecule has 2 aromatic heterocycles. The number of ether oxygens (including phenoxy) is 1. The molecule has 21 heavy (non-hydrogen) atoms. The molecule has 3 aromatic rings. The first-order valence-electron chi connectivity index (χ1n) is 6.08. The van der Waals surface area contributed by atoms with Gasteiger partial charge >= 0.3 is 6.01 Å². The molecule has 2 N–H and O–H groups in total. The Hall–Kier alpha value is -2.61. The molecule has 0 saturated heterocycles. The van der Waals surface area contributed by atoms with Crippen LogP contribution < -0.4 is 10.5 Å².